The van der Waals surface area contributed by atoms with Crippen molar-refractivity contribution in [1.29, 1.82) is 0 Å². The van der Waals surface area contributed by atoms with Crippen LogP contribution in [0.25, 0.3) is 0 Å². The molecule has 0 heterocycles. The van der Waals surface area contributed by atoms with Crippen molar-refractivity contribution >= 4 is 23.6 Å². The number of amides is 2. The van der Waals surface area contributed by atoms with Gasteiger partial charge in [-0.15, -0.1) is 0 Å². The lowest BCUT2D eigenvalue weighted by atomic mass is 9.85. The maximum absolute atomic E-state index is 11.4. The van der Waals surface area contributed by atoms with Crippen molar-refractivity contribution < 1.29 is 9.59 Å². The highest BCUT2D eigenvalue weighted by Crippen LogP contribution is 2.36. The minimum atomic E-state index is -0.827. The summed E-state index contributed by atoms with van der Waals surface area (Å²) in [6.07, 6.45) is 3.46. The van der Waals surface area contributed by atoms with Crippen molar-refractivity contribution in [2.75, 3.05) is 25.6 Å². The van der Waals surface area contributed by atoms with Crippen molar-refractivity contribution in [2.24, 2.45) is 17.4 Å². The van der Waals surface area contributed by atoms with Gasteiger partial charge in [-0.3, -0.25) is 9.59 Å². The van der Waals surface area contributed by atoms with Crippen molar-refractivity contribution in [2.45, 2.75) is 31.2 Å². The second kappa shape index (κ2) is 6.43. The van der Waals surface area contributed by atoms with Crippen molar-refractivity contribution in [3.05, 3.63) is 0 Å². The van der Waals surface area contributed by atoms with Crippen molar-refractivity contribution in [3.8, 4) is 0 Å². The van der Waals surface area contributed by atoms with E-state index in [1.54, 1.807) is 30.8 Å². The molecule has 1 saturated carbocycles. The molecule has 1 rings (SSSR count). The fourth-order valence-electron chi connectivity index (χ4n) is 2.34. The highest BCUT2D eigenvalue weighted by Gasteiger charge is 2.43. The summed E-state index contributed by atoms with van der Waals surface area (Å²) in [5.74, 6) is 1.21. The summed E-state index contributed by atoms with van der Waals surface area (Å²) in [6, 6.07) is 0. The third kappa shape index (κ3) is 3.62. The van der Waals surface area contributed by atoms with Gasteiger partial charge in [-0.25, -0.2) is 0 Å². The van der Waals surface area contributed by atoms with Gasteiger partial charge in [0.2, 0.25) is 11.8 Å². The Balaban J connectivity index is 2.31. The molecule has 5 nitrogen and oxygen atoms in total. The molecular formula is C12H23N3O2S. The van der Waals surface area contributed by atoms with Crippen LogP contribution in [0, 0.1) is 5.92 Å². The van der Waals surface area contributed by atoms with E-state index in [1.807, 2.05) is 0 Å². The Morgan fingerprint density at radius 3 is 2.67 bits per heavy atom. The summed E-state index contributed by atoms with van der Waals surface area (Å²) in [6.45, 7) is 0. The molecule has 0 saturated heterocycles. The Kier molecular flexibility index (Phi) is 5.47. The first-order chi connectivity index (χ1) is 8.38. The number of primary amides is 1. The zero-order chi connectivity index (χ0) is 13.8. The zero-order valence-electron chi connectivity index (χ0n) is 11.1. The van der Waals surface area contributed by atoms with Crippen LogP contribution in [0.4, 0.5) is 0 Å². The largest absolute Gasteiger partial charge is 0.368 e. The van der Waals surface area contributed by atoms with Gasteiger partial charge in [0.25, 0.3) is 0 Å². The lowest BCUT2D eigenvalue weighted by Crippen LogP contribution is -2.54. The molecule has 104 valence electrons. The smallest absolute Gasteiger partial charge is 0.237 e. The molecule has 0 aromatic rings. The summed E-state index contributed by atoms with van der Waals surface area (Å²) in [5, 5.41) is 0. The van der Waals surface area contributed by atoms with Crippen LogP contribution < -0.4 is 11.5 Å². The van der Waals surface area contributed by atoms with E-state index < -0.39 is 5.54 Å². The summed E-state index contributed by atoms with van der Waals surface area (Å²) in [5.41, 5.74) is 10.6. The van der Waals surface area contributed by atoms with Crippen LogP contribution in [0.3, 0.4) is 0 Å². The minimum Gasteiger partial charge on any atom is -0.368 e. The van der Waals surface area contributed by atoms with Crippen LogP contribution in [0.15, 0.2) is 0 Å². The minimum absolute atomic E-state index is 0.111. The Bertz CT molecular complexity index is 322. The molecule has 0 bridgehead atoms. The average Bonchev–Trinajstić information content (AvgIpc) is 2.67. The van der Waals surface area contributed by atoms with E-state index in [4.69, 9.17) is 11.5 Å². The average molecular weight is 273 g/mol. The van der Waals surface area contributed by atoms with Gasteiger partial charge in [-0.05, 0) is 30.9 Å². The monoisotopic (exact) mass is 273 g/mol. The number of hydrogen-bond donors (Lipinski definition) is 2. The highest BCUT2D eigenvalue weighted by molar-refractivity contribution is 7.99. The third-order valence-electron chi connectivity index (χ3n) is 3.67. The number of hydrogen-bond acceptors (Lipinski definition) is 4. The number of nitrogens with two attached hydrogens (primary N) is 2. The molecule has 1 aliphatic carbocycles. The van der Waals surface area contributed by atoms with Crippen LogP contribution in [-0.2, 0) is 9.59 Å². The maximum atomic E-state index is 11.4. The van der Waals surface area contributed by atoms with Crippen LogP contribution in [0.2, 0.25) is 0 Å². The lowest BCUT2D eigenvalue weighted by Gasteiger charge is -2.27. The molecule has 4 N–H and O–H groups in total. The fourth-order valence-corrected chi connectivity index (χ4v) is 3.37. The van der Waals surface area contributed by atoms with E-state index in [1.165, 1.54) is 0 Å². The SMILES string of the molecule is CN(C)C(=O)CSCCC1CCCC1(N)C(N)=O. The van der Waals surface area contributed by atoms with E-state index in [9.17, 15) is 9.59 Å². The molecule has 18 heavy (non-hydrogen) atoms. The van der Waals surface area contributed by atoms with Gasteiger partial charge in [0.15, 0.2) is 0 Å². The summed E-state index contributed by atoms with van der Waals surface area (Å²) in [7, 11) is 3.50. The van der Waals surface area contributed by atoms with Gasteiger partial charge in [0.05, 0.1) is 11.3 Å². The Morgan fingerprint density at radius 1 is 1.44 bits per heavy atom. The number of carbonyl (C=O) groups excluding carboxylic acids is 2. The molecule has 2 amide bonds. The summed E-state index contributed by atoms with van der Waals surface area (Å²) < 4.78 is 0. The predicted octanol–water partition coefficient (Wildman–Crippen LogP) is 0.181. The van der Waals surface area contributed by atoms with Crippen molar-refractivity contribution in [3.63, 3.8) is 0 Å². The first-order valence-corrected chi connectivity index (χ1v) is 7.40. The first kappa shape index (κ1) is 15.3. The number of thioether (sulfide) groups is 1. The quantitative estimate of drug-likeness (QED) is 0.676. The molecular weight excluding hydrogens is 250 g/mol. The van der Waals surface area contributed by atoms with Gasteiger partial charge in [0, 0.05) is 14.1 Å². The first-order valence-electron chi connectivity index (χ1n) is 6.24. The molecule has 0 aliphatic heterocycles. The normalized spacial score (nSPS) is 27.2. The lowest BCUT2D eigenvalue weighted by molar-refractivity contribution is -0.126. The molecule has 1 aliphatic rings. The molecule has 0 aromatic carbocycles. The van der Waals surface area contributed by atoms with Gasteiger partial charge in [-0.2, -0.15) is 11.8 Å². The van der Waals surface area contributed by atoms with Crippen LogP contribution in [0.5, 0.6) is 0 Å². The second-order valence-corrected chi connectivity index (χ2v) is 6.23. The van der Waals surface area contributed by atoms with Gasteiger partial charge >= 0.3 is 0 Å². The van der Waals surface area contributed by atoms with E-state index >= 15 is 0 Å². The van der Waals surface area contributed by atoms with Crippen LogP contribution >= 0.6 is 11.8 Å². The third-order valence-corrected chi connectivity index (χ3v) is 4.64. The molecule has 2 unspecified atom stereocenters. The fraction of sp³-hybridized carbons (Fsp3) is 0.833. The van der Waals surface area contributed by atoms with Gasteiger partial charge < -0.3 is 16.4 Å². The molecule has 1 fully saturated rings. The number of carbonyl (C=O) groups is 2. The standard InChI is InChI=1S/C12H23N3O2S/c1-15(2)10(16)8-18-7-5-9-4-3-6-12(9,14)11(13)17/h9H,3-8,14H2,1-2H3,(H2,13,17). The predicted molar refractivity (Wildman–Crippen MR) is 74.1 cm³/mol. The number of nitrogens with zero attached hydrogens (tertiary/aromatic N) is 1. The topological polar surface area (TPSA) is 89.4 Å². The number of rotatable bonds is 6. The molecule has 6 heteroatoms. The Labute approximate surface area is 113 Å². The van der Waals surface area contributed by atoms with Gasteiger partial charge in [-0.1, -0.05) is 6.42 Å². The zero-order valence-corrected chi connectivity index (χ0v) is 12.0. The Morgan fingerprint density at radius 2 is 2.11 bits per heavy atom. The van der Waals surface area contributed by atoms with Crippen molar-refractivity contribution in [1.82, 2.24) is 4.90 Å². The molecule has 0 radical (unpaired) electrons. The van der Waals surface area contributed by atoms with E-state index in [2.05, 4.69) is 0 Å². The van der Waals surface area contributed by atoms with E-state index in [0.29, 0.717) is 12.2 Å². The van der Waals surface area contributed by atoms with Crippen LogP contribution in [-0.4, -0.2) is 47.9 Å². The summed E-state index contributed by atoms with van der Waals surface area (Å²) >= 11 is 1.59. The molecule has 0 aromatic heterocycles. The molecule has 2 atom stereocenters. The highest BCUT2D eigenvalue weighted by atomic mass is 32.2. The van der Waals surface area contributed by atoms with E-state index in [-0.39, 0.29) is 17.7 Å². The molecule has 0 spiro atoms. The van der Waals surface area contributed by atoms with Gasteiger partial charge in [0.1, 0.15) is 0 Å². The second-order valence-electron chi connectivity index (χ2n) is 5.12. The summed E-state index contributed by atoms with van der Waals surface area (Å²) in [4.78, 5) is 24.4. The van der Waals surface area contributed by atoms with E-state index in [0.717, 1.165) is 25.0 Å². The maximum Gasteiger partial charge on any atom is 0.237 e. The Hall–Kier alpha value is -0.750. The van der Waals surface area contributed by atoms with Crippen LogP contribution in [0.1, 0.15) is 25.7 Å².